The minimum atomic E-state index is -4.34. The van der Waals surface area contributed by atoms with Crippen LogP contribution in [0.1, 0.15) is 5.56 Å². The Morgan fingerprint density at radius 1 is 1.06 bits per heavy atom. The molecule has 0 spiro atoms. The van der Waals surface area contributed by atoms with Gasteiger partial charge in [-0.25, -0.2) is 0 Å². The fraction of sp³-hybridized carbons (Fsp3) is 0.0833. The number of alkyl halides is 3. The highest BCUT2D eigenvalue weighted by Gasteiger charge is 2.31. The van der Waals surface area contributed by atoms with Crippen LogP contribution in [0.15, 0.2) is 47.1 Å². The van der Waals surface area contributed by atoms with Crippen molar-refractivity contribution in [2.75, 3.05) is 0 Å². The molecule has 1 aromatic carbocycles. The highest BCUT2D eigenvalue weighted by atomic mass is 79.9. The molecule has 0 atom stereocenters. The third-order valence-corrected chi connectivity index (χ3v) is 2.93. The first-order valence-corrected chi connectivity index (χ1v) is 5.56. The molecule has 2 rings (SSSR count). The van der Waals surface area contributed by atoms with E-state index in [1.807, 2.05) is 0 Å². The molecule has 0 aliphatic heterocycles. The van der Waals surface area contributed by atoms with E-state index in [0.717, 1.165) is 12.1 Å². The van der Waals surface area contributed by atoms with Crippen LogP contribution in [0.5, 0.6) is 0 Å². The normalized spacial score (nSPS) is 11.5. The third kappa shape index (κ3) is 2.66. The van der Waals surface area contributed by atoms with E-state index in [1.54, 1.807) is 24.4 Å². The number of hydrogen-bond donors (Lipinski definition) is 0. The van der Waals surface area contributed by atoms with Crippen LogP contribution in [0.4, 0.5) is 13.2 Å². The van der Waals surface area contributed by atoms with E-state index in [2.05, 4.69) is 20.9 Å². The summed E-state index contributed by atoms with van der Waals surface area (Å²) in [7, 11) is 0. The number of nitrogens with zero attached hydrogens (tertiary/aromatic N) is 1. The average Bonchev–Trinajstić information content (AvgIpc) is 2.29. The van der Waals surface area contributed by atoms with Crippen molar-refractivity contribution >= 4 is 15.9 Å². The molecule has 0 bridgehead atoms. The Morgan fingerprint density at radius 3 is 2.41 bits per heavy atom. The molecular weight excluding hydrogens is 295 g/mol. The molecule has 88 valence electrons. The largest absolute Gasteiger partial charge is 0.416 e. The van der Waals surface area contributed by atoms with E-state index in [0.29, 0.717) is 15.7 Å². The summed E-state index contributed by atoms with van der Waals surface area (Å²) in [6.07, 6.45) is -2.80. The van der Waals surface area contributed by atoms with Crippen LogP contribution in [-0.2, 0) is 6.18 Å². The lowest BCUT2D eigenvalue weighted by Crippen LogP contribution is -2.04. The fourth-order valence-corrected chi connectivity index (χ4v) is 1.87. The summed E-state index contributed by atoms with van der Waals surface area (Å²) in [5.74, 6) is 0. The van der Waals surface area contributed by atoms with E-state index in [-0.39, 0.29) is 0 Å². The van der Waals surface area contributed by atoms with Gasteiger partial charge in [-0.05, 0) is 30.3 Å². The van der Waals surface area contributed by atoms with Crippen molar-refractivity contribution in [3.8, 4) is 11.3 Å². The summed E-state index contributed by atoms with van der Waals surface area (Å²) in [5, 5.41) is 0. The number of benzene rings is 1. The predicted octanol–water partition coefficient (Wildman–Crippen LogP) is 4.53. The zero-order chi connectivity index (χ0) is 12.5. The van der Waals surface area contributed by atoms with Gasteiger partial charge >= 0.3 is 6.18 Å². The SMILES string of the molecule is FC(F)(F)c1ccc(Br)c(-c2ccccn2)c1. The molecule has 0 aliphatic rings. The molecule has 1 heterocycles. The Balaban J connectivity index is 2.55. The summed E-state index contributed by atoms with van der Waals surface area (Å²) in [4.78, 5) is 4.04. The standard InChI is InChI=1S/C12H7BrF3N/c13-10-5-4-8(12(14,15)16)7-9(10)11-3-1-2-6-17-11/h1-7H. The van der Waals surface area contributed by atoms with Crippen molar-refractivity contribution in [3.63, 3.8) is 0 Å². The van der Waals surface area contributed by atoms with E-state index >= 15 is 0 Å². The molecule has 17 heavy (non-hydrogen) atoms. The monoisotopic (exact) mass is 301 g/mol. The Hall–Kier alpha value is -1.36. The number of rotatable bonds is 1. The van der Waals surface area contributed by atoms with E-state index < -0.39 is 11.7 Å². The predicted molar refractivity (Wildman–Crippen MR) is 62.4 cm³/mol. The first kappa shape index (κ1) is 12.1. The Bertz CT molecular complexity index is 523. The van der Waals surface area contributed by atoms with Crippen LogP contribution in [0.2, 0.25) is 0 Å². The Morgan fingerprint density at radius 2 is 1.82 bits per heavy atom. The molecule has 0 N–H and O–H groups in total. The lowest BCUT2D eigenvalue weighted by atomic mass is 10.1. The Labute approximate surface area is 104 Å². The smallest absolute Gasteiger partial charge is 0.256 e. The average molecular weight is 302 g/mol. The molecule has 0 fully saturated rings. The molecule has 0 radical (unpaired) electrons. The van der Waals surface area contributed by atoms with Gasteiger partial charge in [0, 0.05) is 16.2 Å². The molecular formula is C12H7BrF3N. The fourth-order valence-electron chi connectivity index (χ4n) is 1.42. The van der Waals surface area contributed by atoms with Gasteiger partial charge < -0.3 is 0 Å². The minimum Gasteiger partial charge on any atom is -0.256 e. The Kier molecular flexibility index (Phi) is 3.19. The molecule has 0 unspecified atom stereocenters. The van der Waals surface area contributed by atoms with Crippen molar-refractivity contribution < 1.29 is 13.2 Å². The van der Waals surface area contributed by atoms with Crippen molar-refractivity contribution in [3.05, 3.63) is 52.6 Å². The lowest BCUT2D eigenvalue weighted by molar-refractivity contribution is -0.137. The van der Waals surface area contributed by atoms with Crippen LogP contribution in [0.3, 0.4) is 0 Å². The maximum atomic E-state index is 12.6. The number of halogens is 4. The lowest BCUT2D eigenvalue weighted by Gasteiger charge is -2.10. The van der Waals surface area contributed by atoms with E-state index in [9.17, 15) is 13.2 Å². The maximum absolute atomic E-state index is 12.6. The van der Waals surface area contributed by atoms with Gasteiger partial charge in [0.1, 0.15) is 0 Å². The maximum Gasteiger partial charge on any atom is 0.416 e. The van der Waals surface area contributed by atoms with Gasteiger partial charge in [0.2, 0.25) is 0 Å². The second kappa shape index (κ2) is 4.49. The molecule has 0 aliphatic carbocycles. The van der Waals surface area contributed by atoms with E-state index in [4.69, 9.17) is 0 Å². The molecule has 1 aromatic heterocycles. The third-order valence-electron chi connectivity index (χ3n) is 2.23. The van der Waals surface area contributed by atoms with Gasteiger partial charge in [-0.15, -0.1) is 0 Å². The summed E-state index contributed by atoms with van der Waals surface area (Å²) < 4.78 is 38.3. The molecule has 0 saturated heterocycles. The quantitative estimate of drug-likeness (QED) is 0.754. The zero-order valence-electron chi connectivity index (χ0n) is 8.50. The highest BCUT2D eigenvalue weighted by molar-refractivity contribution is 9.10. The van der Waals surface area contributed by atoms with Gasteiger partial charge in [-0.2, -0.15) is 13.2 Å². The minimum absolute atomic E-state index is 0.431. The van der Waals surface area contributed by atoms with Crippen molar-refractivity contribution in [2.45, 2.75) is 6.18 Å². The van der Waals surface area contributed by atoms with Crippen LogP contribution in [0.25, 0.3) is 11.3 Å². The summed E-state index contributed by atoms with van der Waals surface area (Å²) >= 11 is 3.23. The highest BCUT2D eigenvalue weighted by Crippen LogP contribution is 2.35. The summed E-state index contributed by atoms with van der Waals surface area (Å²) in [5.41, 5.74) is 0.257. The molecule has 2 aromatic rings. The zero-order valence-corrected chi connectivity index (χ0v) is 10.1. The van der Waals surface area contributed by atoms with Crippen LogP contribution < -0.4 is 0 Å². The van der Waals surface area contributed by atoms with Crippen LogP contribution in [-0.4, -0.2) is 4.98 Å². The van der Waals surface area contributed by atoms with Gasteiger partial charge in [0.25, 0.3) is 0 Å². The second-order valence-electron chi connectivity index (χ2n) is 3.41. The number of aromatic nitrogens is 1. The first-order chi connectivity index (χ1) is 7.98. The van der Waals surface area contributed by atoms with Crippen molar-refractivity contribution in [2.24, 2.45) is 0 Å². The summed E-state index contributed by atoms with van der Waals surface area (Å²) in [6, 6.07) is 8.62. The van der Waals surface area contributed by atoms with Crippen molar-refractivity contribution in [1.29, 1.82) is 0 Å². The van der Waals surface area contributed by atoms with Gasteiger partial charge in [0.05, 0.1) is 11.3 Å². The van der Waals surface area contributed by atoms with Crippen molar-refractivity contribution in [1.82, 2.24) is 4.98 Å². The van der Waals surface area contributed by atoms with Gasteiger partial charge in [0.15, 0.2) is 0 Å². The number of hydrogen-bond acceptors (Lipinski definition) is 1. The van der Waals surface area contributed by atoms with Crippen LogP contribution in [0, 0.1) is 0 Å². The van der Waals surface area contributed by atoms with Gasteiger partial charge in [-0.1, -0.05) is 22.0 Å². The molecule has 0 saturated carbocycles. The van der Waals surface area contributed by atoms with E-state index in [1.165, 1.54) is 6.07 Å². The molecule has 1 nitrogen and oxygen atoms in total. The first-order valence-electron chi connectivity index (χ1n) is 4.76. The van der Waals surface area contributed by atoms with Crippen LogP contribution >= 0.6 is 15.9 Å². The van der Waals surface area contributed by atoms with Gasteiger partial charge in [-0.3, -0.25) is 4.98 Å². The topological polar surface area (TPSA) is 12.9 Å². The number of pyridine rings is 1. The molecule has 5 heteroatoms. The summed E-state index contributed by atoms with van der Waals surface area (Å²) in [6.45, 7) is 0. The second-order valence-corrected chi connectivity index (χ2v) is 4.26. The molecule has 0 amide bonds.